The fraction of sp³-hybridized carbons (Fsp3) is 0.133. The van der Waals surface area contributed by atoms with Gasteiger partial charge in [0, 0.05) is 16.2 Å². The molecule has 3 rings (SSSR count). The van der Waals surface area contributed by atoms with Crippen LogP contribution in [0.25, 0.3) is 0 Å². The van der Waals surface area contributed by atoms with Gasteiger partial charge in [0.2, 0.25) is 5.91 Å². The van der Waals surface area contributed by atoms with Gasteiger partial charge in [-0.25, -0.2) is 0 Å². The summed E-state index contributed by atoms with van der Waals surface area (Å²) in [5, 5.41) is 2.79. The molecule has 0 radical (unpaired) electrons. The second-order valence-electron chi connectivity index (χ2n) is 4.69. The Kier molecular flexibility index (Phi) is 3.36. The van der Waals surface area contributed by atoms with Crippen LogP contribution in [0.3, 0.4) is 0 Å². The van der Waals surface area contributed by atoms with Gasteiger partial charge in [0.25, 0.3) is 0 Å². The number of carbonyl (C=O) groups is 1. The van der Waals surface area contributed by atoms with E-state index in [2.05, 4.69) is 21.2 Å². The molecule has 5 heteroatoms. The van der Waals surface area contributed by atoms with Crippen molar-refractivity contribution in [3.05, 3.63) is 52.0 Å². The molecule has 1 aliphatic rings. The van der Waals surface area contributed by atoms with Gasteiger partial charge in [0.05, 0.1) is 12.1 Å². The fourth-order valence-corrected chi connectivity index (χ4v) is 2.63. The molecular weight excluding hydrogens is 320 g/mol. The Labute approximate surface area is 125 Å². The van der Waals surface area contributed by atoms with E-state index in [9.17, 15) is 4.79 Å². The number of rotatable bonds is 3. The molecule has 102 valence electrons. The molecule has 0 aliphatic carbocycles. The zero-order valence-corrected chi connectivity index (χ0v) is 12.2. The van der Waals surface area contributed by atoms with Gasteiger partial charge in [-0.2, -0.15) is 0 Å². The van der Waals surface area contributed by atoms with E-state index in [1.807, 2.05) is 24.3 Å². The van der Waals surface area contributed by atoms with Gasteiger partial charge in [-0.05, 0) is 29.3 Å². The van der Waals surface area contributed by atoms with E-state index in [4.69, 9.17) is 10.5 Å². The monoisotopic (exact) mass is 332 g/mol. The third-order valence-corrected chi connectivity index (χ3v) is 3.64. The molecule has 0 spiro atoms. The quantitative estimate of drug-likeness (QED) is 0.849. The molecule has 1 amide bonds. The highest BCUT2D eigenvalue weighted by Crippen LogP contribution is 2.33. The maximum Gasteiger partial charge on any atom is 0.228 e. The summed E-state index contributed by atoms with van der Waals surface area (Å²) >= 11 is 3.42. The first-order valence-electron chi connectivity index (χ1n) is 6.21. The van der Waals surface area contributed by atoms with E-state index in [0.717, 1.165) is 21.3 Å². The van der Waals surface area contributed by atoms with Gasteiger partial charge in [0.15, 0.2) is 0 Å². The van der Waals surface area contributed by atoms with Crippen LogP contribution in [0.4, 0.5) is 11.4 Å². The maximum absolute atomic E-state index is 11.3. The number of nitrogen functional groups attached to an aromatic ring is 1. The summed E-state index contributed by atoms with van der Waals surface area (Å²) < 4.78 is 6.75. The molecule has 20 heavy (non-hydrogen) atoms. The molecule has 4 nitrogen and oxygen atoms in total. The van der Waals surface area contributed by atoms with Gasteiger partial charge < -0.3 is 15.8 Å². The molecule has 0 atom stereocenters. The summed E-state index contributed by atoms with van der Waals surface area (Å²) in [7, 11) is 0. The first kappa shape index (κ1) is 13.0. The van der Waals surface area contributed by atoms with E-state index in [0.29, 0.717) is 24.5 Å². The Morgan fingerprint density at radius 3 is 2.95 bits per heavy atom. The Morgan fingerprint density at radius 1 is 1.30 bits per heavy atom. The minimum absolute atomic E-state index is 0.0106. The fourth-order valence-electron chi connectivity index (χ4n) is 2.19. The summed E-state index contributed by atoms with van der Waals surface area (Å²) in [6, 6.07) is 11.5. The first-order chi connectivity index (χ1) is 9.61. The molecule has 1 heterocycles. The van der Waals surface area contributed by atoms with Crippen LogP contribution in [-0.2, 0) is 17.8 Å². The van der Waals surface area contributed by atoms with Gasteiger partial charge in [-0.15, -0.1) is 0 Å². The van der Waals surface area contributed by atoms with Gasteiger partial charge >= 0.3 is 0 Å². The highest BCUT2D eigenvalue weighted by molar-refractivity contribution is 9.10. The van der Waals surface area contributed by atoms with Crippen molar-refractivity contribution in [3.8, 4) is 5.75 Å². The number of halogens is 1. The molecule has 0 saturated carbocycles. The number of carbonyl (C=O) groups excluding carboxylic acids is 1. The second kappa shape index (κ2) is 5.17. The number of hydrogen-bond donors (Lipinski definition) is 2. The Balaban J connectivity index is 1.78. The van der Waals surface area contributed by atoms with Gasteiger partial charge in [-0.3, -0.25) is 4.79 Å². The molecule has 1 aliphatic heterocycles. The number of nitrogens with one attached hydrogen (secondary N) is 1. The van der Waals surface area contributed by atoms with E-state index in [-0.39, 0.29) is 5.91 Å². The molecule has 0 aromatic heterocycles. The summed E-state index contributed by atoms with van der Waals surface area (Å²) in [4.78, 5) is 11.3. The lowest BCUT2D eigenvalue weighted by Gasteiger charge is -2.11. The van der Waals surface area contributed by atoms with Crippen LogP contribution < -0.4 is 15.8 Å². The standard InChI is InChI=1S/C15H13BrN2O2/c16-11-3-1-2-9(4-11)8-20-14-7-13-10(5-12(14)17)6-15(19)18-13/h1-5,7H,6,8,17H2,(H,18,19). The van der Waals surface area contributed by atoms with Crippen molar-refractivity contribution in [1.29, 1.82) is 0 Å². The number of ether oxygens (including phenoxy) is 1. The summed E-state index contributed by atoms with van der Waals surface area (Å²) in [5.41, 5.74) is 9.26. The normalized spacial score (nSPS) is 12.9. The third-order valence-electron chi connectivity index (χ3n) is 3.14. The highest BCUT2D eigenvalue weighted by atomic mass is 79.9. The van der Waals surface area contributed by atoms with Gasteiger partial charge in [-0.1, -0.05) is 28.1 Å². The maximum atomic E-state index is 11.3. The number of fused-ring (bicyclic) bond motifs is 1. The SMILES string of the molecule is Nc1cc2c(cc1OCc1cccc(Br)c1)NC(=O)C2. The minimum atomic E-state index is -0.0106. The zero-order chi connectivity index (χ0) is 14.1. The largest absolute Gasteiger partial charge is 0.487 e. The molecule has 2 aromatic carbocycles. The van der Waals surface area contributed by atoms with Crippen LogP contribution in [0.2, 0.25) is 0 Å². The minimum Gasteiger partial charge on any atom is -0.487 e. The molecule has 3 N–H and O–H groups in total. The summed E-state index contributed by atoms with van der Waals surface area (Å²) in [6.07, 6.45) is 0.380. The molecule has 2 aromatic rings. The number of benzene rings is 2. The molecular formula is C15H13BrN2O2. The second-order valence-corrected chi connectivity index (χ2v) is 5.61. The van der Waals surface area contributed by atoms with Crippen molar-refractivity contribution in [2.75, 3.05) is 11.1 Å². The lowest BCUT2D eigenvalue weighted by Crippen LogP contribution is -2.03. The lowest BCUT2D eigenvalue weighted by atomic mass is 10.1. The van der Waals surface area contributed by atoms with Crippen molar-refractivity contribution in [3.63, 3.8) is 0 Å². The summed E-state index contributed by atoms with van der Waals surface area (Å²) in [5.74, 6) is 0.578. The highest BCUT2D eigenvalue weighted by Gasteiger charge is 2.19. The van der Waals surface area contributed by atoms with Crippen LogP contribution in [0, 0.1) is 0 Å². The van der Waals surface area contributed by atoms with E-state index in [1.165, 1.54) is 0 Å². The van der Waals surface area contributed by atoms with Crippen molar-refractivity contribution < 1.29 is 9.53 Å². The molecule has 0 bridgehead atoms. The van der Waals surface area contributed by atoms with Crippen molar-refractivity contribution >= 4 is 33.2 Å². The number of anilines is 2. The average molecular weight is 333 g/mol. The summed E-state index contributed by atoms with van der Waals surface area (Å²) in [6.45, 7) is 0.427. The molecule has 0 fully saturated rings. The van der Waals surface area contributed by atoms with Crippen LogP contribution in [0.1, 0.15) is 11.1 Å². The van der Waals surface area contributed by atoms with Crippen molar-refractivity contribution in [2.45, 2.75) is 13.0 Å². The first-order valence-corrected chi connectivity index (χ1v) is 7.00. The van der Waals surface area contributed by atoms with Crippen molar-refractivity contribution in [1.82, 2.24) is 0 Å². The predicted molar refractivity (Wildman–Crippen MR) is 81.7 cm³/mol. The Hall–Kier alpha value is -2.01. The Morgan fingerprint density at radius 2 is 2.15 bits per heavy atom. The smallest absolute Gasteiger partial charge is 0.228 e. The molecule has 0 unspecified atom stereocenters. The lowest BCUT2D eigenvalue weighted by molar-refractivity contribution is -0.115. The Bertz CT molecular complexity index is 686. The average Bonchev–Trinajstić information content (AvgIpc) is 2.75. The zero-order valence-electron chi connectivity index (χ0n) is 10.7. The van der Waals surface area contributed by atoms with E-state index >= 15 is 0 Å². The van der Waals surface area contributed by atoms with Gasteiger partial charge in [0.1, 0.15) is 12.4 Å². The van der Waals surface area contributed by atoms with Crippen LogP contribution in [0.15, 0.2) is 40.9 Å². The van der Waals surface area contributed by atoms with Crippen LogP contribution >= 0.6 is 15.9 Å². The predicted octanol–water partition coefficient (Wildman–Crippen LogP) is 3.10. The van der Waals surface area contributed by atoms with Crippen LogP contribution in [0.5, 0.6) is 5.75 Å². The van der Waals surface area contributed by atoms with E-state index in [1.54, 1.807) is 12.1 Å². The van der Waals surface area contributed by atoms with E-state index < -0.39 is 0 Å². The third kappa shape index (κ3) is 2.63. The molecule has 0 saturated heterocycles. The number of nitrogens with two attached hydrogens (primary N) is 1. The number of amides is 1. The number of hydrogen-bond acceptors (Lipinski definition) is 3. The topological polar surface area (TPSA) is 64.3 Å². The van der Waals surface area contributed by atoms with Crippen molar-refractivity contribution in [2.24, 2.45) is 0 Å². The van der Waals surface area contributed by atoms with Crippen LogP contribution in [-0.4, -0.2) is 5.91 Å².